The molecule has 1 aromatic heterocycles. The Morgan fingerprint density at radius 1 is 1.47 bits per heavy atom. The van der Waals surface area contributed by atoms with E-state index in [1.807, 2.05) is 13.8 Å². The van der Waals surface area contributed by atoms with Crippen molar-refractivity contribution in [3.63, 3.8) is 0 Å². The van der Waals surface area contributed by atoms with Gasteiger partial charge in [0.15, 0.2) is 5.82 Å². The highest BCUT2D eigenvalue weighted by atomic mass is 16.5. The number of nitrogens with zero attached hydrogens (tertiary/aromatic N) is 2. The molecule has 84 valence electrons. The molecule has 0 saturated heterocycles. The number of aryl methyl sites for hydroxylation is 1. The summed E-state index contributed by atoms with van der Waals surface area (Å²) in [6.45, 7) is 5.76. The van der Waals surface area contributed by atoms with Gasteiger partial charge in [-0.2, -0.15) is 4.98 Å². The van der Waals surface area contributed by atoms with Gasteiger partial charge in [0.05, 0.1) is 5.92 Å². The van der Waals surface area contributed by atoms with Crippen LogP contribution >= 0.6 is 0 Å². The standard InChI is InChI=1S/C11H18N2O2/c1-4-6-7-10-12-11(15-13-10)8(3)9(14)5-2/h8H,4-7H2,1-3H3. The first-order chi connectivity index (χ1) is 7.19. The molecule has 0 aliphatic carbocycles. The summed E-state index contributed by atoms with van der Waals surface area (Å²) in [5.41, 5.74) is 0. The van der Waals surface area contributed by atoms with Crippen LogP contribution in [0.15, 0.2) is 4.52 Å². The molecule has 4 nitrogen and oxygen atoms in total. The molecule has 0 amide bonds. The van der Waals surface area contributed by atoms with Crippen molar-refractivity contribution in [2.45, 2.75) is 52.4 Å². The SMILES string of the molecule is CCCCc1noc(C(C)C(=O)CC)n1. The van der Waals surface area contributed by atoms with Crippen LogP contribution in [0.4, 0.5) is 0 Å². The van der Waals surface area contributed by atoms with Gasteiger partial charge in [0.2, 0.25) is 5.89 Å². The van der Waals surface area contributed by atoms with Crippen molar-refractivity contribution in [2.24, 2.45) is 0 Å². The summed E-state index contributed by atoms with van der Waals surface area (Å²) in [6.07, 6.45) is 3.49. The lowest BCUT2D eigenvalue weighted by molar-refractivity contribution is -0.120. The summed E-state index contributed by atoms with van der Waals surface area (Å²) in [5.74, 6) is 1.04. The first kappa shape index (κ1) is 11.9. The quantitative estimate of drug-likeness (QED) is 0.723. The molecule has 0 N–H and O–H groups in total. The Balaban J connectivity index is 2.62. The lowest BCUT2D eigenvalue weighted by Crippen LogP contribution is -2.07. The number of unbranched alkanes of at least 4 members (excludes halogenated alkanes) is 1. The maximum Gasteiger partial charge on any atom is 0.236 e. The zero-order valence-corrected chi connectivity index (χ0v) is 9.62. The lowest BCUT2D eigenvalue weighted by Gasteiger charge is -2.01. The van der Waals surface area contributed by atoms with Gasteiger partial charge in [-0.15, -0.1) is 0 Å². The molecule has 15 heavy (non-hydrogen) atoms. The highest BCUT2D eigenvalue weighted by Gasteiger charge is 2.19. The topological polar surface area (TPSA) is 56.0 Å². The van der Waals surface area contributed by atoms with E-state index in [0.29, 0.717) is 18.1 Å². The minimum Gasteiger partial charge on any atom is -0.339 e. The number of Topliss-reactive ketones (excluding diaryl/α,β-unsaturated/α-hetero) is 1. The number of aromatic nitrogens is 2. The second kappa shape index (κ2) is 5.63. The normalized spacial score (nSPS) is 12.7. The van der Waals surface area contributed by atoms with Crippen LogP contribution in [-0.4, -0.2) is 15.9 Å². The second-order valence-electron chi connectivity index (χ2n) is 3.69. The molecular weight excluding hydrogens is 192 g/mol. The molecule has 0 aliphatic rings. The molecule has 1 rings (SSSR count). The minimum absolute atomic E-state index is 0.140. The van der Waals surface area contributed by atoms with E-state index < -0.39 is 0 Å². The third-order valence-corrected chi connectivity index (χ3v) is 2.44. The number of hydrogen-bond acceptors (Lipinski definition) is 4. The van der Waals surface area contributed by atoms with E-state index in [1.54, 1.807) is 0 Å². The summed E-state index contributed by atoms with van der Waals surface area (Å²) in [7, 11) is 0. The van der Waals surface area contributed by atoms with E-state index in [1.165, 1.54) is 0 Å². The number of ketones is 1. The predicted molar refractivity (Wildman–Crippen MR) is 56.6 cm³/mol. The Morgan fingerprint density at radius 2 is 2.20 bits per heavy atom. The average Bonchev–Trinajstić information content (AvgIpc) is 2.72. The van der Waals surface area contributed by atoms with Crippen molar-refractivity contribution < 1.29 is 9.32 Å². The molecule has 1 aromatic rings. The molecule has 0 aromatic carbocycles. The van der Waals surface area contributed by atoms with Crippen molar-refractivity contribution in [2.75, 3.05) is 0 Å². The van der Waals surface area contributed by atoms with Crippen LogP contribution in [0.5, 0.6) is 0 Å². The van der Waals surface area contributed by atoms with Crippen molar-refractivity contribution in [1.82, 2.24) is 10.1 Å². The maximum absolute atomic E-state index is 11.4. The molecule has 0 spiro atoms. The average molecular weight is 210 g/mol. The Kier molecular flexibility index (Phi) is 4.46. The van der Waals surface area contributed by atoms with E-state index in [4.69, 9.17) is 4.52 Å². The van der Waals surface area contributed by atoms with Crippen LogP contribution in [-0.2, 0) is 11.2 Å². The van der Waals surface area contributed by atoms with Crippen molar-refractivity contribution >= 4 is 5.78 Å². The molecule has 0 bridgehead atoms. The molecule has 1 atom stereocenters. The molecule has 1 heterocycles. The van der Waals surface area contributed by atoms with Gasteiger partial charge in [-0.05, 0) is 13.3 Å². The van der Waals surface area contributed by atoms with Gasteiger partial charge in [-0.1, -0.05) is 25.4 Å². The Bertz CT molecular complexity index is 320. The van der Waals surface area contributed by atoms with E-state index >= 15 is 0 Å². The third-order valence-electron chi connectivity index (χ3n) is 2.44. The molecule has 0 saturated carbocycles. The molecule has 4 heteroatoms. The van der Waals surface area contributed by atoms with Crippen LogP contribution in [0.3, 0.4) is 0 Å². The smallest absolute Gasteiger partial charge is 0.236 e. The van der Waals surface area contributed by atoms with Crippen LogP contribution in [0, 0.1) is 0 Å². The Labute approximate surface area is 90.1 Å². The zero-order valence-electron chi connectivity index (χ0n) is 9.62. The van der Waals surface area contributed by atoms with Crippen molar-refractivity contribution in [3.8, 4) is 0 Å². The third kappa shape index (κ3) is 3.15. The molecule has 0 radical (unpaired) electrons. The predicted octanol–water partition coefficient (Wildman–Crippen LogP) is 2.49. The lowest BCUT2D eigenvalue weighted by atomic mass is 10.1. The molecular formula is C11H18N2O2. The van der Waals surface area contributed by atoms with E-state index in [-0.39, 0.29) is 11.7 Å². The fourth-order valence-corrected chi connectivity index (χ4v) is 1.32. The molecule has 0 aliphatic heterocycles. The van der Waals surface area contributed by atoms with Crippen molar-refractivity contribution in [3.05, 3.63) is 11.7 Å². The van der Waals surface area contributed by atoms with E-state index in [2.05, 4.69) is 17.1 Å². The number of carbonyl (C=O) groups excluding carboxylic acids is 1. The summed E-state index contributed by atoms with van der Waals surface area (Å²) in [4.78, 5) is 15.6. The van der Waals surface area contributed by atoms with Crippen molar-refractivity contribution in [1.29, 1.82) is 0 Å². The minimum atomic E-state index is -0.266. The Hall–Kier alpha value is -1.19. The van der Waals surface area contributed by atoms with Gasteiger partial charge in [0.1, 0.15) is 5.78 Å². The van der Waals surface area contributed by atoms with Crippen LogP contribution in [0.2, 0.25) is 0 Å². The number of hydrogen-bond donors (Lipinski definition) is 0. The summed E-state index contributed by atoms with van der Waals surface area (Å²) in [5, 5.41) is 3.85. The first-order valence-corrected chi connectivity index (χ1v) is 5.54. The maximum atomic E-state index is 11.4. The fraction of sp³-hybridized carbons (Fsp3) is 0.727. The summed E-state index contributed by atoms with van der Waals surface area (Å²) in [6, 6.07) is 0. The van der Waals surface area contributed by atoms with Crippen LogP contribution < -0.4 is 0 Å². The number of carbonyl (C=O) groups is 1. The van der Waals surface area contributed by atoms with Gasteiger partial charge in [0.25, 0.3) is 0 Å². The summed E-state index contributed by atoms with van der Waals surface area (Å²) >= 11 is 0. The largest absolute Gasteiger partial charge is 0.339 e. The highest BCUT2D eigenvalue weighted by Crippen LogP contribution is 2.15. The first-order valence-electron chi connectivity index (χ1n) is 5.54. The fourth-order valence-electron chi connectivity index (χ4n) is 1.32. The summed E-state index contributed by atoms with van der Waals surface area (Å²) < 4.78 is 5.06. The van der Waals surface area contributed by atoms with E-state index in [9.17, 15) is 4.79 Å². The zero-order chi connectivity index (χ0) is 11.3. The molecule has 0 fully saturated rings. The van der Waals surface area contributed by atoms with Gasteiger partial charge in [-0.3, -0.25) is 4.79 Å². The van der Waals surface area contributed by atoms with Crippen LogP contribution in [0.25, 0.3) is 0 Å². The number of rotatable bonds is 6. The van der Waals surface area contributed by atoms with Gasteiger partial charge in [-0.25, -0.2) is 0 Å². The monoisotopic (exact) mass is 210 g/mol. The highest BCUT2D eigenvalue weighted by molar-refractivity contribution is 5.83. The van der Waals surface area contributed by atoms with Gasteiger partial charge in [0, 0.05) is 12.8 Å². The second-order valence-corrected chi connectivity index (χ2v) is 3.69. The Morgan fingerprint density at radius 3 is 2.80 bits per heavy atom. The van der Waals surface area contributed by atoms with Crippen LogP contribution in [0.1, 0.15) is 57.7 Å². The van der Waals surface area contributed by atoms with Gasteiger partial charge < -0.3 is 4.52 Å². The van der Waals surface area contributed by atoms with Gasteiger partial charge >= 0.3 is 0 Å². The van der Waals surface area contributed by atoms with E-state index in [0.717, 1.165) is 19.3 Å². The molecule has 1 unspecified atom stereocenters.